The molecule has 26 heavy (non-hydrogen) atoms. The molecule has 1 heterocycles. The molecule has 0 aliphatic rings. The first-order valence-corrected chi connectivity index (χ1v) is 9.03. The monoisotopic (exact) mass is 378 g/mol. The van der Waals surface area contributed by atoms with E-state index >= 15 is 0 Å². The Labute approximate surface area is 155 Å². The molecule has 0 aliphatic carbocycles. The molecule has 0 saturated heterocycles. The van der Waals surface area contributed by atoms with Gasteiger partial charge in [0.05, 0.1) is 30.7 Å². The van der Waals surface area contributed by atoms with Crippen molar-refractivity contribution in [3.05, 3.63) is 34.1 Å². The zero-order chi connectivity index (χ0) is 19.4. The van der Waals surface area contributed by atoms with E-state index < -0.39 is 17.2 Å². The van der Waals surface area contributed by atoms with E-state index in [0.717, 1.165) is 11.8 Å². The lowest BCUT2D eigenvalue weighted by molar-refractivity contribution is -0.139. The molecule has 8 heteroatoms. The minimum atomic E-state index is -0.522. The predicted molar refractivity (Wildman–Crippen MR) is 99.5 cm³/mol. The van der Waals surface area contributed by atoms with Crippen molar-refractivity contribution in [2.24, 2.45) is 5.92 Å². The van der Waals surface area contributed by atoms with Gasteiger partial charge in [-0.3, -0.25) is 14.2 Å². The molecule has 0 radical (unpaired) electrons. The molecule has 1 aromatic carbocycles. The summed E-state index contributed by atoms with van der Waals surface area (Å²) in [5.74, 6) is -0.685. The van der Waals surface area contributed by atoms with Crippen molar-refractivity contribution >= 4 is 34.6 Å². The summed E-state index contributed by atoms with van der Waals surface area (Å²) in [5, 5.41) is 0.302. The Bertz CT molecular complexity index is 891. The van der Waals surface area contributed by atoms with Crippen LogP contribution in [0.3, 0.4) is 0 Å². The van der Waals surface area contributed by atoms with Crippen molar-refractivity contribution in [1.29, 1.82) is 0 Å². The maximum absolute atomic E-state index is 12.9. The summed E-state index contributed by atoms with van der Waals surface area (Å²) >= 11 is 1.16. The van der Waals surface area contributed by atoms with Crippen LogP contribution in [0.5, 0.6) is 0 Å². The Balaban J connectivity index is 2.63. The molecule has 1 atom stereocenters. The van der Waals surface area contributed by atoms with Crippen LogP contribution in [-0.4, -0.2) is 41.0 Å². The number of methoxy groups -OCH3 is 2. The molecule has 0 fully saturated rings. The number of hydrogen-bond donors (Lipinski definition) is 0. The van der Waals surface area contributed by atoms with E-state index in [1.54, 1.807) is 23.6 Å². The highest BCUT2D eigenvalue weighted by Crippen LogP contribution is 2.24. The highest BCUT2D eigenvalue weighted by atomic mass is 32.2. The molecule has 2 rings (SSSR count). The minimum Gasteiger partial charge on any atom is -0.468 e. The minimum absolute atomic E-state index is 0.209. The van der Waals surface area contributed by atoms with E-state index in [0.29, 0.717) is 28.2 Å². The number of ether oxygens (including phenoxy) is 2. The summed E-state index contributed by atoms with van der Waals surface area (Å²) in [6.07, 6.45) is 0. The van der Waals surface area contributed by atoms with Crippen molar-refractivity contribution in [2.75, 3.05) is 14.2 Å². The lowest BCUT2D eigenvalue weighted by atomic mass is 10.1. The van der Waals surface area contributed by atoms with Gasteiger partial charge in [0, 0.05) is 6.54 Å². The van der Waals surface area contributed by atoms with Crippen LogP contribution in [-0.2, 0) is 20.8 Å². The molecule has 0 amide bonds. The fourth-order valence-electron chi connectivity index (χ4n) is 2.43. The molecule has 7 nitrogen and oxygen atoms in total. The van der Waals surface area contributed by atoms with E-state index in [4.69, 9.17) is 9.47 Å². The van der Waals surface area contributed by atoms with Gasteiger partial charge in [-0.15, -0.1) is 0 Å². The standard InChI is InChI=1S/C18H22N2O5S/c1-10(2)9-20-15(21)13-7-6-12(17(23)25-5)8-14(13)19-18(20)26-11(3)16(22)24-4/h6-8,10-11H,9H2,1-5H3/t11-/m1/s1. The molecule has 2 aromatic rings. The first-order valence-electron chi connectivity index (χ1n) is 8.15. The fraction of sp³-hybridized carbons (Fsp3) is 0.444. The van der Waals surface area contributed by atoms with Gasteiger partial charge in [0.25, 0.3) is 5.56 Å². The highest BCUT2D eigenvalue weighted by molar-refractivity contribution is 8.00. The van der Waals surface area contributed by atoms with Crippen LogP contribution >= 0.6 is 11.8 Å². The first-order chi connectivity index (χ1) is 12.3. The van der Waals surface area contributed by atoms with Crippen LogP contribution in [0.2, 0.25) is 0 Å². The third-order valence-electron chi connectivity index (χ3n) is 3.70. The van der Waals surface area contributed by atoms with Gasteiger partial charge in [-0.05, 0) is 31.0 Å². The highest BCUT2D eigenvalue weighted by Gasteiger charge is 2.21. The summed E-state index contributed by atoms with van der Waals surface area (Å²) in [6, 6.07) is 4.64. The topological polar surface area (TPSA) is 87.5 Å². The zero-order valence-electron chi connectivity index (χ0n) is 15.4. The molecular formula is C18H22N2O5S. The molecule has 0 aliphatic heterocycles. The number of aromatic nitrogens is 2. The lowest BCUT2D eigenvalue weighted by Crippen LogP contribution is -2.27. The Morgan fingerprint density at radius 3 is 2.46 bits per heavy atom. The predicted octanol–water partition coefficient (Wildman–Crippen LogP) is 2.49. The van der Waals surface area contributed by atoms with E-state index in [1.807, 2.05) is 13.8 Å². The van der Waals surface area contributed by atoms with Crippen molar-refractivity contribution in [2.45, 2.75) is 37.7 Å². The second-order valence-electron chi connectivity index (χ2n) is 6.21. The molecular weight excluding hydrogens is 356 g/mol. The van der Waals surface area contributed by atoms with Crippen LogP contribution < -0.4 is 5.56 Å². The van der Waals surface area contributed by atoms with E-state index in [9.17, 15) is 14.4 Å². The van der Waals surface area contributed by atoms with Crippen molar-refractivity contribution in [3.8, 4) is 0 Å². The maximum Gasteiger partial charge on any atom is 0.337 e. The second-order valence-corrected chi connectivity index (χ2v) is 7.52. The smallest absolute Gasteiger partial charge is 0.337 e. The van der Waals surface area contributed by atoms with Crippen LogP contribution in [0.15, 0.2) is 28.2 Å². The van der Waals surface area contributed by atoms with E-state index in [2.05, 4.69) is 4.98 Å². The number of hydrogen-bond acceptors (Lipinski definition) is 7. The molecule has 0 N–H and O–H groups in total. The van der Waals surface area contributed by atoms with Gasteiger partial charge in [-0.25, -0.2) is 9.78 Å². The third kappa shape index (κ3) is 4.24. The number of rotatable bonds is 6. The van der Waals surface area contributed by atoms with Gasteiger partial charge >= 0.3 is 11.9 Å². The number of fused-ring (bicyclic) bond motifs is 1. The number of carbonyl (C=O) groups excluding carboxylic acids is 2. The van der Waals surface area contributed by atoms with Crippen molar-refractivity contribution in [1.82, 2.24) is 9.55 Å². The maximum atomic E-state index is 12.9. The molecule has 0 bridgehead atoms. The zero-order valence-corrected chi connectivity index (χ0v) is 16.3. The number of nitrogens with zero attached hydrogens (tertiary/aromatic N) is 2. The first kappa shape index (κ1) is 20.0. The number of carbonyl (C=O) groups is 2. The average Bonchev–Trinajstić information content (AvgIpc) is 2.62. The number of benzene rings is 1. The van der Waals surface area contributed by atoms with E-state index in [-0.39, 0.29) is 11.5 Å². The number of thioether (sulfide) groups is 1. The molecule has 140 valence electrons. The third-order valence-corrected chi connectivity index (χ3v) is 4.77. The Kier molecular flexibility index (Phi) is 6.42. The molecule has 0 unspecified atom stereocenters. The fourth-order valence-corrected chi connectivity index (χ4v) is 3.38. The summed E-state index contributed by atoms with van der Waals surface area (Å²) in [4.78, 5) is 41.0. The van der Waals surface area contributed by atoms with E-state index in [1.165, 1.54) is 20.3 Å². The summed E-state index contributed by atoms with van der Waals surface area (Å²) < 4.78 is 11.0. The largest absolute Gasteiger partial charge is 0.468 e. The average molecular weight is 378 g/mol. The van der Waals surface area contributed by atoms with Crippen molar-refractivity contribution in [3.63, 3.8) is 0 Å². The van der Waals surface area contributed by atoms with Crippen LogP contribution in [0.4, 0.5) is 0 Å². The van der Waals surface area contributed by atoms with Gasteiger partial charge in [-0.2, -0.15) is 0 Å². The normalized spacial score (nSPS) is 12.2. The van der Waals surface area contributed by atoms with Crippen LogP contribution in [0, 0.1) is 5.92 Å². The van der Waals surface area contributed by atoms with Gasteiger partial charge in [0.1, 0.15) is 5.25 Å². The summed E-state index contributed by atoms with van der Waals surface area (Å²) in [5.41, 5.74) is 0.489. The Morgan fingerprint density at radius 2 is 1.88 bits per heavy atom. The number of esters is 2. The second kappa shape index (κ2) is 8.35. The van der Waals surface area contributed by atoms with Crippen LogP contribution in [0.25, 0.3) is 10.9 Å². The molecule has 1 aromatic heterocycles. The van der Waals surface area contributed by atoms with Crippen LogP contribution in [0.1, 0.15) is 31.1 Å². The van der Waals surface area contributed by atoms with Gasteiger partial charge < -0.3 is 9.47 Å². The molecule has 0 spiro atoms. The summed E-state index contributed by atoms with van der Waals surface area (Å²) in [7, 11) is 2.61. The van der Waals surface area contributed by atoms with Gasteiger partial charge in [-0.1, -0.05) is 25.6 Å². The SMILES string of the molecule is COC(=O)c1ccc2c(=O)n(CC(C)C)c(S[C@H](C)C(=O)OC)nc2c1. The van der Waals surface area contributed by atoms with Gasteiger partial charge in [0.15, 0.2) is 5.16 Å². The van der Waals surface area contributed by atoms with Crippen molar-refractivity contribution < 1.29 is 19.1 Å². The Morgan fingerprint density at radius 1 is 1.19 bits per heavy atom. The molecule has 0 saturated carbocycles. The quantitative estimate of drug-likeness (QED) is 0.433. The van der Waals surface area contributed by atoms with Gasteiger partial charge in [0.2, 0.25) is 0 Å². The summed E-state index contributed by atoms with van der Waals surface area (Å²) in [6.45, 7) is 6.15. The Hall–Kier alpha value is -2.35. The lowest BCUT2D eigenvalue weighted by Gasteiger charge is -2.17.